The zero-order chi connectivity index (χ0) is 11.9. The maximum absolute atomic E-state index is 9.69. The smallest absolute Gasteiger partial charge is 0.157 e. The van der Waals surface area contributed by atoms with Crippen LogP contribution >= 0.6 is 0 Å². The average Bonchev–Trinajstić information content (AvgIpc) is 2.33. The van der Waals surface area contributed by atoms with E-state index in [-0.39, 0.29) is 16.9 Å². The molecule has 2 aliphatic heterocycles. The van der Waals surface area contributed by atoms with E-state index >= 15 is 0 Å². The first-order chi connectivity index (χ1) is 8.21. The molecule has 1 saturated heterocycles. The highest BCUT2D eigenvalue weighted by Gasteiger charge is 2.38. The first kappa shape index (κ1) is 10.9. The Kier molecular flexibility index (Phi) is 2.49. The Morgan fingerprint density at radius 3 is 2.59 bits per heavy atom. The molecule has 0 aromatic heterocycles. The summed E-state index contributed by atoms with van der Waals surface area (Å²) in [5.74, 6) is -0.0498. The minimum Gasteiger partial charge on any atom is -0.504 e. The quantitative estimate of drug-likeness (QED) is 0.592. The molecule has 1 fully saturated rings. The van der Waals surface area contributed by atoms with Gasteiger partial charge < -0.3 is 20.3 Å². The van der Waals surface area contributed by atoms with E-state index in [0.717, 1.165) is 44.7 Å². The van der Waals surface area contributed by atoms with E-state index in [4.69, 9.17) is 4.74 Å². The van der Waals surface area contributed by atoms with E-state index in [1.165, 1.54) is 5.56 Å². The van der Waals surface area contributed by atoms with Gasteiger partial charge in [-0.1, -0.05) is 0 Å². The van der Waals surface area contributed by atoms with Crippen molar-refractivity contribution < 1.29 is 14.9 Å². The van der Waals surface area contributed by atoms with Crippen LogP contribution in [0.2, 0.25) is 0 Å². The lowest BCUT2D eigenvalue weighted by molar-refractivity contribution is 0.0470. The normalized spacial score (nSPS) is 22.4. The number of phenols is 2. The van der Waals surface area contributed by atoms with Gasteiger partial charge in [0, 0.05) is 31.7 Å². The summed E-state index contributed by atoms with van der Waals surface area (Å²) in [4.78, 5) is 0. The fraction of sp³-hybridized carbons (Fsp3) is 0.538. The molecule has 1 aromatic carbocycles. The number of hydrogen-bond donors (Lipinski definition) is 3. The van der Waals surface area contributed by atoms with Gasteiger partial charge in [0.15, 0.2) is 11.5 Å². The molecule has 0 bridgehead atoms. The molecule has 0 aliphatic carbocycles. The second-order valence-corrected chi connectivity index (χ2v) is 4.99. The summed E-state index contributed by atoms with van der Waals surface area (Å²) >= 11 is 0. The lowest BCUT2D eigenvalue weighted by Crippen LogP contribution is -2.46. The van der Waals surface area contributed by atoms with E-state index in [1.54, 1.807) is 12.1 Å². The van der Waals surface area contributed by atoms with Crippen LogP contribution in [0, 0.1) is 0 Å². The molecule has 17 heavy (non-hydrogen) atoms. The fourth-order valence-corrected chi connectivity index (χ4v) is 3.00. The van der Waals surface area contributed by atoms with Crippen LogP contribution in [-0.4, -0.2) is 30.0 Å². The van der Waals surface area contributed by atoms with Crippen LogP contribution in [0.3, 0.4) is 0 Å². The molecule has 0 radical (unpaired) electrons. The van der Waals surface area contributed by atoms with Crippen LogP contribution in [0.4, 0.5) is 0 Å². The average molecular weight is 235 g/mol. The minimum absolute atomic E-state index is 0.0171. The molecular weight excluding hydrogens is 218 g/mol. The molecule has 0 saturated carbocycles. The van der Waals surface area contributed by atoms with Gasteiger partial charge in [0.05, 0.1) is 0 Å². The Balaban J connectivity index is 2.09. The van der Waals surface area contributed by atoms with Crippen molar-refractivity contribution in [3.8, 4) is 11.5 Å². The van der Waals surface area contributed by atoms with Gasteiger partial charge >= 0.3 is 0 Å². The maximum atomic E-state index is 9.69. The van der Waals surface area contributed by atoms with Crippen LogP contribution < -0.4 is 5.32 Å². The Morgan fingerprint density at radius 1 is 1.12 bits per heavy atom. The first-order valence-electron chi connectivity index (χ1n) is 6.05. The largest absolute Gasteiger partial charge is 0.504 e. The van der Waals surface area contributed by atoms with E-state index in [9.17, 15) is 10.2 Å². The van der Waals surface area contributed by atoms with Crippen molar-refractivity contribution >= 4 is 0 Å². The third kappa shape index (κ3) is 1.68. The summed E-state index contributed by atoms with van der Waals surface area (Å²) < 4.78 is 5.43. The van der Waals surface area contributed by atoms with Crippen LogP contribution in [0.1, 0.15) is 24.0 Å². The summed E-state index contributed by atoms with van der Waals surface area (Å²) in [5, 5.41) is 22.6. The van der Waals surface area contributed by atoms with Gasteiger partial charge in [-0.05, 0) is 36.1 Å². The van der Waals surface area contributed by atoms with Gasteiger partial charge in [0.2, 0.25) is 0 Å². The second kappa shape index (κ2) is 3.89. The molecule has 2 heterocycles. The lowest BCUT2D eigenvalue weighted by atomic mass is 9.70. The fourth-order valence-electron chi connectivity index (χ4n) is 3.00. The summed E-state index contributed by atoms with van der Waals surface area (Å²) in [5.41, 5.74) is 2.33. The SMILES string of the molecule is Oc1cc2c(cc1O)C1(CCOCC1)CNC2. The Labute approximate surface area is 100 Å². The Morgan fingerprint density at radius 2 is 1.82 bits per heavy atom. The number of fused-ring (bicyclic) bond motifs is 2. The van der Waals surface area contributed by atoms with Crippen LogP contribution in [0.15, 0.2) is 12.1 Å². The molecule has 3 N–H and O–H groups in total. The highest BCUT2D eigenvalue weighted by Crippen LogP contribution is 2.42. The summed E-state index contributed by atoms with van der Waals surface area (Å²) in [6, 6.07) is 3.41. The van der Waals surface area contributed by atoms with Crippen molar-refractivity contribution in [3.63, 3.8) is 0 Å². The summed E-state index contributed by atoms with van der Waals surface area (Å²) in [7, 11) is 0. The predicted molar refractivity (Wildman–Crippen MR) is 63.2 cm³/mol. The zero-order valence-electron chi connectivity index (χ0n) is 9.70. The number of benzene rings is 1. The van der Waals surface area contributed by atoms with Gasteiger partial charge in [-0.15, -0.1) is 0 Å². The maximum Gasteiger partial charge on any atom is 0.157 e. The molecule has 1 spiro atoms. The van der Waals surface area contributed by atoms with Crippen molar-refractivity contribution in [2.45, 2.75) is 24.8 Å². The minimum atomic E-state index is -0.0327. The van der Waals surface area contributed by atoms with Crippen molar-refractivity contribution in [1.29, 1.82) is 0 Å². The number of phenolic OH excluding ortho intramolecular Hbond substituents is 2. The summed E-state index contributed by atoms with van der Waals surface area (Å²) in [6.45, 7) is 3.21. The van der Waals surface area contributed by atoms with Gasteiger partial charge in [-0.25, -0.2) is 0 Å². The number of rotatable bonds is 0. The van der Waals surface area contributed by atoms with Gasteiger partial charge in [0.1, 0.15) is 0 Å². The van der Waals surface area contributed by atoms with E-state index in [0.29, 0.717) is 0 Å². The Bertz CT molecular complexity index is 439. The number of aromatic hydroxyl groups is 2. The molecule has 92 valence electrons. The van der Waals surface area contributed by atoms with Gasteiger partial charge in [-0.3, -0.25) is 0 Å². The molecule has 0 unspecified atom stereocenters. The van der Waals surface area contributed by atoms with E-state index in [1.807, 2.05) is 0 Å². The third-order valence-corrected chi connectivity index (χ3v) is 4.00. The highest BCUT2D eigenvalue weighted by molar-refractivity contribution is 5.49. The summed E-state index contributed by atoms with van der Waals surface area (Å²) in [6.07, 6.45) is 1.94. The molecule has 4 heteroatoms. The number of ether oxygens (including phenoxy) is 1. The van der Waals surface area contributed by atoms with Crippen molar-refractivity contribution in [3.05, 3.63) is 23.3 Å². The van der Waals surface area contributed by atoms with Crippen LogP contribution in [-0.2, 0) is 16.7 Å². The monoisotopic (exact) mass is 235 g/mol. The second-order valence-electron chi connectivity index (χ2n) is 4.99. The zero-order valence-corrected chi connectivity index (χ0v) is 9.70. The van der Waals surface area contributed by atoms with Gasteiger partial charge in [-0.2, -0.15) is 0 Å². The number of nitrogens with one attached hydrogen (secondary N) is 1. The topological polar surface area (TPSA) is 61.7 Å². The molecular formula is C13H17NO3. The predicted octanol–water partition coefficient (Wildman–Crippen LogP) is 1.25. The molecule has 0 atom stereocenters. The first-order valence-corrected chi connectivity index (χ1v) is 6.05. The molecule has 0 amide bonds. The van der Waals surface area contributed by atoms with E-state index < -0.39 is 0 Å². The Hall–Kier alpha value is -1.26. The van der Waals surface area contributed by atoms with Crippen LogP contribution in [0.5, 0.6) is 11.5 Å². The van der Waals surface area contributed by atoms with Crippen molar-refractivity contribution in [2.75, 3.05) is 19.8 Å². The molecule has 2 aliphatic rings. The van der Waals surface area contributed by atoms with E-state index in [2.05, 4.69) is 5.32 Å². The molecule has 4 nitrogen and oxygen atoms in total. The van der Waals surface area contributed by atoms with Crippen LogP contribution in [0.25, 0.3) is 0 Å². The highest BCUT2D eigenvalue weighted by atomic mass is 16.5. The molecule has 1 aromatic rings. The van der Waals surface area contributed by atoms with Crippen molar-refractivity contribution in [1.82, 2.24) is 5.32 Å². The van der Waals surface area contributed by atoms with Crippen molar-refractivity contribution in [2.24, 2.45) is 0 Å². The standard InChI is InChI=1S/C13H17NO3/c15-11-5-9-7-14-8-13(1-3-17-4-2-13)10(9)6-12(11)16/h5-6,14-16H,1-4,7-8H2. The third-order valence-electron chi connectivity index (χ3n) is 4.00. The lowest BCUT2D eigenvalue weighted by Gasteiger charge is -2.42. The van der Waals surface area contributed by atoms with Gasteiger partial charge in [0.25, 0.3) is 0 Å². The number of hydrogen-bond acceptors (Lipinski definition) is 4. The molecule has 3 rings (SSSR count).